The van der Waals surface area contributed by atoms with Crippen molar-refractivity contribution < 1.29 is 0 Å². The van der Waals surface area contributed by atoms with Crippen molar-refractivity contribution in [2.45, 2.75) is 11.4 Å². The summed E-state index contributed by atoms with van der Waals surface area (Å²) in [6, 6.07) is 13.6. The van der Waals surface area contributed by atoms with E-state index in [0.717, 1.165) is 28.8 Å². The van der Waals surface area contributed by atoms with Gasteiger partial charge in [0, 0.05) is 28.4 Å². The van der Waals surface area contributed by atoms with Gasteiger partial charge in [-0.2, -0.15) is 0 Å². The smallest absolute Gasteiger partial charge is 0.166 e. The third-order valence-electron chi connectivity index (χ3n) is 3.26. The molecule has 0 aliphatic heterocycles. The van der Waals surface area contributed by atoms with Crippen LogP contribution < -0.4 is 10.6 Å². The highest BCUT2D eigenvalue weighted by atomic mass is 35.5. The van der Waals surface area contributed by atoms with Gasteiger partial charge >= 0.3 is 0 Å². The monoisotopic (exact) mass is 377 g/mol. The van der Waals surface area contributed by atoms with Crippen molar-refractivity contribution in [2.24, 2.45) is 0 Å². The number of fused-ring (bicyclic) bond motifs is 1. The number of nitrogens with one attached hydrogen (secondary N) is 2. The molecular formula is C16H16ClN5S2. The van der Waals surface area contributed by atoms with Gasteiger partial charge in [-0.1, -0.05) is 17.7 Å². The van der Waals surface area contributed by atoms with Crippen LogP contribution in [0, 0.1) is 0 Å². The van der Waals surface area contributed by atoms with E-state index >= 15 is 0 Å². The lowest BCUT2D eigenvalue weighted by atomic mass is 10.4. The van der Waals surface area contributed by atoms with Crippen LogP contribution in [0.2, 0.25) is 5.02 Å². The van der Waals surface area contributed by atoms with Gasteiger partial charge in [-0.15, -0.1) is 22.0 Å². The quantitative estimate of drug-likeness (QED) is 0.391. The fraction of sp³-hybridized carbons (Fsp3) is 0.188. The summed E-state index contributed by atoms with van der Waals surface area (Å²) in [5.74, 6) is 1.74. The number of hydrogen-bond acceptors (Lipinski definition) is 4. The van der Waals surface area contributed by atoms with E-state index in [-0.39, 0.29) is 0 Å². The maximum Gasteiger partial charge on any atom is 0.166 e. The largest absolute Gasteiger partial charge is 0.362 e. The lowest BCUT2D eigenvalue weighted by molar-refractivity contribution is 0.788. The summed E-state index contributed by atoms with van der Waals surface area (Å²) in [7, 11) is 0. The second kappa shape index (κ2) is 8.32. The highest BCUT2D eigenvalue weighted by molar-refractivity contribution is 7.99. The molecule has 24 heavy (non-hydrogen) atoms. The molecule has 0 unspecified atom stereocenters. The molecule has 1 aromatic carbocycles. The molecule has 0 radical (unpaired) electrons. The van der Waals surface area contributed by atoms with Crippen molar-refractivity contribution in [1.82, 2.24) is 25.2 Å². The zero-order valence-electron chi connectivity index (χ0n) is 12.8. The maximum absolute atomic E-state index is 5.87. The fourth-order valence-electron chi connectivity index (χ4n) is 2.10. The number of aromatic nitrogens is 3. The lowest BCUT2D eigenvalue weighted by Gasteiger charge is -2.09. The van der Waals surface area contributed by atoms with Crippen molar-refractivity contribution in [3.05, 3.63) is 59.5 Å². The van der Waals surface area contributed by atoms with Crippen LogP contribution in [-0.2, 0) is 6.54 Å². The van der Waals surface area contributed by atoms with Crippen molar-refractivity contribution in [3.8, 4) is 0 Å². The third kappa shape index (κ3) is 4.59. The minimum Gasteiger partial charge on any atom is -0.362 e. The van der Waals surface area contributed by atoms with Gasteiger partial charge in [-0.3, -0.25) is 4.40 Å². The Morgan fingerprint density at radius 2 is 1.96 bits per heavy atom. The van der Waals surface area contributed by atoms with E-state index < -0.39 is 0 Å². The number of thiocarbonyl (C=S) groups is 1. The van der Waals surface area contributed by atoms with E-state index in [4.69, 9.17) is 23.8 Å². The summed E-state index contributed by atoms with van der Waals surface area (Å²) in [6.45, 7) is 1.31. The summed E-state index contributed by atoms with van der Waals surface area (Å²) >= 11 is 12.9. The number of pyridine rings is 1. The van der Waals surface area contributed by atoms with Crippen molar-refractivity contribution >= 4 is 46.3 Å². The predicted octanol–water partition coefficient (Wildman–Crippen LogP) is 3.14. The van der Waals surface area contributed by atoms with E-state index in [1.807, 2.05) is 53.1 Å². The van der Waals surface area contributed by atoms with Gasteiger partial charge < -0.3 is 10.6 Å². The molecule has 8 heteroatoms. The average Bonchev–Trinajstić information content (AvgIpc) is 3.02. The molecule has 0 saturated carbocycles. The molecule has 124 valence electrons. The summed E-state index contributed by atoms with van der Waals surface area (Å²) in [5, 5.41) is 16.0. The molecule has 2 aromatic heterocycles. The molecule has 2 heterocycles. The van der Waals surface area contributed by atoms with Crippen LogP contribution in [0.25, 0.3) is 5.65 Å². The number of hydrogen-bond donors (Lipinski definition) is 2. The van der Waals surface area contributed by atoms with Crippen LogP contribution in [0.5, 0.6) is 0 Å². The molecular weight excluding hydrogens is 362 g/mol. The number of thioether (sulfide) groups is 1. The highest BCUT2D eigenvalue weighted by Crippen LogP contribution is 2.19. The molecule has 3 rings (SSSR count). The normalized spacial score (nSPS) is 10.7. The minimum absolute atomic E-state index is 0.529. The Kier molecular flexibility index (Phi) is 5.90. The Morgan fingerprint density at radius 1 is 1.12 bits per heavy atom. The second-order valence-corrected chi connectivity index (χ2v) is 6.97. The molecule has 2 N–H and O–H groups in total. The van der Waals surface area contributed by atoms with Gasteiger partial charge in [-0.25, -0.2) is 0 Å². The molecule has 0 amide bonds. The van der Waals surface area contributed by atoms with Gasteiger partial charge in [0.2, 0.25) is 0 Å². The molecule has 0 spiro atoms. The molecule has 0 fully saturated rings. The van der Waals surface area contributed by atoms with Crippen LogP contribution in [0.1, 0.15) is 5.82 Å². The van der Waals surface area contributed by atoms with Crippen LogP contribution in [0.3, 0.4) is 0 Å². The Bertz CT molecular complexity index is 819. The van der Waals surface area contributed by atoms with E-state index in [0.29, 0.717) is 11.7 Å². The van der Waals surface area contributed by atoms with E-state index in [1.54, 1.807) is 11.8 Å². The molecule has 0 bridgehead atoms. The average molecular weight is 378 g/mol. The topological polar surface area (TPSA) is 54.2 Å². The van der Waals surface area contributed by atoms with Gasteiger partial charge in [0.1, 0.15) is 0 Å². The van der Waals surface area contributed by atoms with Gasteiger partial charge in [0.05, 0.1) is 6.54 Å². The molecule has 0 aliphatic rings. The summed E-state index contributed by atoms with van der Waals surface area (Å²) < 4.78 is 1.94. The Morgan fingerprint density at radius 3 is 2.79 bits per heavy atom. The summed E-state index contributed by atoms with van der Waals surface area (Å²) in [6.07, 6.45) is 1.94. The van der Waals surface area contributed by atoms with Gasteiger partial charge in [0.25, 0.3) is 0 Å². The molecule has 0 aliphatic carbocycles. The Hall–Kier alpha value is -1.83. The summed E-state index contributed by atoms with van der Waals surface area (Å²) in [5.41, 5.74) is 0.826. The first-order chi connectivity index (χ1) is 11.7. The van der Waals surface area contributed by atoms with Crippen LogP contribution in [0.15, 0.2) is 53.6 Å². The third-order valence-corrected chi connectivity index (χ3v) is 4.82. The van der Waals surface area contributed by atoms with Gasteiger partial charge in [-0.05, 0) is 48.6 Å². The zero-order valence-corrected chi connectivity index (χ0v) is 15.2. The standard InChI is InChI=1S/C16H16ClN5S2/c17-12-4-6-13(7-5-12)24-10-8-18-16(23)19-11-15-21-20-14-3-1-2-9-22(14)15/h1-7,9H,8,10-11H2,(H2,18,19,23). The van der Waals surface area contributed by atoms with E-state index in [9.17, 15) is 0 Å². The van der Waals surface area contributed by atoms with Crippen molar-refractivity contribution in [2.75, 3.05) is 12.3 Å². The molecule has 0 saturated heterocycles. The van der Waals surface area contributed by atoms with Crippen LogP contribution in [0.4, 0.5) is 0 Å². The predicted molar refractivity (Wildman–Crippen MR) is 103 cm³/mol. The second-order valence-electron chi connectivity index (χ2n) is 4.96. The minimum atomic E-state index is 0.529. The number of halogens is 1. The molecule has 3 aromatic rings. The first-order valence-electron chi connectivity index (χ1n) is 7.41. The van der Waals surface area contributed by atoms with Gasteiger partial charge in [0.15, 0.2) is 16.6 Å². The number of nitrogens with zero attached hydrogens (tertiary/aromatic N) is 3. The maximum atomic E-state index is 5.87. The first-order valence-corrected chi connectivity index (χ1v) is 9.18. The fourth-order valence-corrected chi connectivity index (χ4v) is 3.17. The van der Waals surface area contributed by atoms with Crippen LogP contribution >= 0.6 is 35.6 Å². The lowest BCUT2D eigenvalue weighted by Crippen LogP contribution is -2.36. The van der Waals surface area contributed by atoms with E-state index in [1.165, 1.54) is 4.90 Å². The number of benzene rings is 1. The molecule has 5 nitrogen and oxygen atoms in total. The number of rotatable bonds is 6. The SMILES string of the molecule is S=C(NCCSc1ccc(Cl)cc1)NCc1nnc2ccccn12. The van der Waals surface area contributed by atoms with Crippen LogP contribution in [-0.4, -0.2) is 32.0 Å². The summed E-state index contributed by atoms with van der Waals surface area (Å²) in [4.78, 5) is 1.19. The van der Waals surface area contributed by atoms with E-state index in [2.05, 4.69) is 20.8 Å². The Balaban J connectivity index is 1.39. The highest BCUT2D eigenvalue weighted by Gasteiger charge is 2.04. The van der Waals surface area contributed by atoms with Crippen molar-refractivity contribution in [1.29, 1.82) is 0 Å². The zero-order chi connectivity index (χ0) is 16.8. The molecule has 0 atom stereocenters. The Labute approximate surface area is 154 Å². The first kappa shape index (κ1) is 17.0. The van der Waals surface area contributed by atoms with Crippen molar-refractivity contribution in [3.63, 3.8) is 0 Å².